The molecular weight excluding hydrogens is 483 g/mol. The molecule has 1 saturated heterocycles. The van der Waals surface area contributed by atoms with E-state index in [-0.39, 0.29) is 5.92 Å². The number of pyridine rings is 1. The molecule has 1 aliphatic carbocycles. The van der Waals surface area contributed by atoms with E-state index in [1.807, 2.05) is 43.3 Å². The van der Waals surface area contributed by atoms with E-state index in [1.165, 1.54) is 4.68 Å². The molecule has 0 spiro atoms. The number of amides is 1. The van der Waals surface area contributed by atoms with Crippen LogP contribution in [0.1, 0.15) is 31.0 Å². The molecule has 1 fully saturated rings. The SMILES string of the molecule is COc1cc(-c2cn(C3CCC4CC=CC=C4N(CC(F)(F)F)C3=O)nn2)ccc1-c1ccnc(C)c1. The number of likely N-dealkylation sites (tertiary alicyclic amines) is 1. The summed E-state index contributed by atoms with van der Waals surface area (Å²) in [5.41, 5.74) is 4.35. The van der Waals surface area contributed by atoms with Crippen LogP contribution in [-0.2, 0) is 4.79 Å². The number of alkyl halides is 3. The van der Waals surface area contributed by atoms with Crippen LogP contribution in [0.3, 0.4) is 0 Å². The van der Waals surface area contributed by atoms with Crippen molar-refractivity contribution >= 4 is 5.91 Å². The van der Waals surface area contributed by atoms with Crippen LogP contribution >= 0.6 is 0 Å². The molecule has 0 saturated carbocycles. The highest BCUT2D eigenvalue weighted by atomic mass is 19.4. The zero-order valence-electron chi connectivity index (χ0n) is 20.4. The minimum absolute atomic E-state index is 0.141. The van der Waals surface area contributed by atoms with Gasteiger partial charge < -0.3 is 9.64 Å². The Morgan fingerprint density at radius 3 is 2.73 bits per heavy atom. The maximum Gasteiger partial charge on any atom is 0.406 e. The summed E-state index contributed by atoms with van der Waals surface area (Å²) in [6.07, 6.45) is 5.62. The quantitative estimate of drug-likeness (QED) is 0.454. The van der Waals surface area contributed by atoms with Crippen molar-refractivity contribution in [2.75, 3.05) is 13.7 Å². The minimum Gasteiger partial charge on any atom is -0.496 e. The number of methoxy groups -OCH3 is 1. The minimum atomic E-state index is -4.52. The summed E-state index contributed by atoms with van der Waals surface area (Å²) in [6, 6.07) is 8.59. The van der Waals surface area contributed by atoms with Crippen molar-refractivity contribution in [1.29, 1.82) is 0 Å². The van der Waals surface area contributed by atoms with Gasteiger partial charge in [0, 0.05) is 34.6 Å². The Kier molecular flexibility index (Phi) is 6.57. The molecule has 0 bridgehead atoms. The van der Waals surface area contributed by atoms with Crippen molar-refractivity contribution < 1.29 is 22.7 Å². The number of hydrogen-bond donors (Lipinski definition) is 0. The Morgan fingerprint density at radius 2 is 1.97 bits per heavy atom. The summed E-state index contributed by atoms with van der Waals surface area (Å²) in [7, 11) is 1.58. The number of aryl methyl sites for hydroxylation is 1. The van der Waals surface area contributed by atoms with Crippen molar-refractivity contribution in [2.24, 2.45) is 5.92 Å². The monoisotopic (exact) mass is 509 g/mol. The fourth-order valence-corrected chi connectivity index (χ4v) is 4.99. The zero-order valence-corrected chi connectivity index (χ0v) is 20.4. The predicted octanol–water partition coefficient (Wildman–Crippen LogP) is 5.51. The van der Waals surface area contributed by atoms with Gasteiger partial charge in [0.05, 0.1) is 13.3 Å². The number of nitrogens with zero attached hydrogens (tertiary/aromatic N) is 5. The lowest BCUT2D eigenvalue weighted by Gasteiger charge is -2.30. The molecule has 3 heterocycles. The molecule has 1 amide bonds. The number of benzene rings is 1. The highest BCUT2D eigenvalue weighted by molar-refractivity contribution is 5.83. The molecule has 3 aromatic rings. The van der Waals surface area contributed by atoms with E-state index in [0.717, 1.165) is 21.7 Å². The Hall–Kier alpha value is -3.95. The van der Waals surface area contributed by atoms with Crippen molar-refractivity contribution in [3.8, 4) is 28.1 Å². The number of allylic oxidation sites excluding steroid dienone is 4. The zero-order chi connectivity index (χ0) is 26.2. The first-order chi connectivity index (χ1) is 17.7. The summed E-state index contributed by atoms with van der Waals surface area (Å²) >= 11 is 0. The van der Waals surface area contributed by atoms with Crippen molar-refractivity contribution in [2.45, 2.75) is 38.4 Å². The molecule has 0 N–H and O–H groups in total. The van der Waals surface area contributed by atoms with E-state index in [9.17, 15) is 18.0 Å². The van der Waals surface area contributed by atoms with Crippen LogP contribution in [0.25, 0.3) is 22.4 Å². The molecule has 5 rings (SSSR count). The topological polar surface area (TPSA) is 73.1 Å². The van der Waals surface area contributed by atoms with Crippen molar-refractivity contribution in [1.82, 2.24) is 24.9 Å². The first-order valence-electron chi connectivity index (χ1n) is 12.0. The average molecular weight is 510 g/mol. The van der Waals surface area contributed by atoms with Gasteiger partial charge in [-0.05, 0) is 62.1 Å². The van der Waals surface area contributed by atoms with Crippen LogP contribution in [0.5, 0.6) is 5.75 Å². The Labute approximate surface area is 212 Å². The van der Waals surface area contributed by atoms with Gasteiger partial charge in [0.25, 0.3) is 5.91 Å². The molecule has 2 aliphatic rings. The number of ether oxygens (including phenoxy) is 1. The Bertz CT molecular complexity index is 1380. The Balaban J connectivity index is 1.45. The number of fused-ring (bicyclic) bond motifs is 1. The molecule has 37 heavy (non-hydrogen) atoms. The molecule has 10 heteroatoms. The molecule has 7 nitrogen and oxygen atoms in total. The van der Waals surface area contributed by atoms with Gasteiger partial charge >= 0.3 is 6.18 Å². The lowest BCUT2D eigenvalue weighted by atomic mass is 9.92. The summed E-state index contributed by atoms with van der Waals surface area (Å²) < 4.78 is 47.3. The Morgan fingerprint density at radius 1 is 1.14 bits per heavy atom. The first-order valence-corrected chi connectivity index (χ1v) is 12.0. The summed E-state index contributed by atoms with van der Waals surface area (Å²) in [6.45, 7) is 0.586. The highest BCUT2D eigenvalue weighted by Gasteiger charge is 2.42. The second-order valence-corrected chi connectivity index (χ2v) is 9.27. The van der Waals surface area contributed by atoms with E-state index in [4.69, 9.17) is 4.74 Å². The summed E-state index contributed by atoms with van der Waals surface area (Å²) in [5.74, 6) is -0.139. The van der Waals surface area contributed by atoms with Crippen LogP contribution in [0.2, 0.25) is 0 Å². The lowest BCUT2D eigenvalue weighted by Crippen LogP contribution is -2.42. The van der Waals surface area contributed by atoms with Crippen molar-refractivity contribution in [3.05, 3.63) is 72.3 Å². The third kappa shape index (κ3) is 5.14. The molecule has 2 aromatic heterocycles. The normalized spacial score (nSPS) is 19.9. The largest absolute Gasteiger partial charge is 0.496 e. The molecular formula is C27H26F3N5O2. The van der Waals surface area contributed by atoms with Crippen LogP contribution in [-0.4, -0.2) is 50.6 Å². The maximum absolute atomic E-state index is 13.4. The van der Waals surface area contributed by atoms with Crippen LogP contribution in [0, 0.1) is 12.8 Å². The molecule has 192 valence electrons. The van der Waals surface area contributed by atoms with Gasteiger partial charge in [-0.2, -0.15) is 13.2 Å². The fraction of sp³-hybridized carbons (Fsp3) is 0.333. The smallest absolute Gasteiger partial charge is 0.406 e. The second-order valence-electron chi connectivity index (χ2n) is 9.27. The predicted molar refractivity (Wildman–Crippen MR) is 131 cm³/mol. The molecule has 2 unspecified atom stereocenters. The number of rotatable bonds is 5. The van der Waals surface area contributed by atoms with Gasteiger partial charge in [-0.15, -0.1) is 5.10 Å². The van der Waals surface area contributed by atoms with E-state index in [2.05, 4.69) is 15.3 Å². The summed E-state index contributed by atoms with van der Waals surface area (Å²) in [4.78, 5) is 18.5. The molecule has 1 aromatic carbocycles. The van der Waals surface area contributed by atoms with Gasteiger partial charge in [0.1, 0.15) is 24.0 Å². The highest BCUT2D eigenvalue weighted by Crippen LogP contribution is 2.38. The average Bonchev–Trinajstić information content (AvgIpc) is 3.32. The number of carbonyl (C=O) groups is 1. The second kappa shape index (κ2) is 9.84. The van der Waals surface area contributed by atoms with Crippen molar-refractivity contribution in [3.63, 3.8) is 0 Å². The van der Waals surface area contributed by atoms with Gasteiger partial charge in [-0.1, -0.05) is 23.4 Å². The third-order valence-corrected chi connectivity index (χ3v) is 6.77. The standard InChI is InChI=1S/C27H26F3N5O2/c1-17-13-19(11-12-31-17)21-9-7-20(14-25(21)37-2)22-15-35(33-32-22)24-10-8-18-5-3-4-6-23(18)34(26(24)36)16-27(28,29)30/h3-4,6-7,9,11-15,18,24H,5,8,10,16H2,1-2H3. The van der Waals surface area contributed by atoms with E-state index in [0.29, 0.717) is 42.0 Å². The van der Waals surface area contributed by atoms with Crippen LogP contribution in [0.15, 0.2) is 66.7 Å². The van der Waals surface area contributed by atoms with E-state index >= 15 is 0 Å². The van der Waals surface area contributed by atoms with Gasteiger partial charge in [-0.3, -0.25) is 9.78 Å². The third-order valence-electron chi connectivity index (χ3n) is 6.77. The number of aromatic nitrogens is 4. The lowest BCUT2D eigenvalue weighted by molar-refractivity contribution is -0.159. The maximum atomic E-state index is 13.4. The van der Waals surface area contributed by atoms with Gasteiger partial charge in [0.15, 0.2) is 0 Å². The number of halogens is 3. The molecule has 2 atom stereocenters. The fourth-order valence-electron chi connectivity index (χ4n) is 4.99. The molecule has 0 radical (unpaired) electrons. The van der Waals surface area contributed by atoms with Crippen LogP contribution in [0.4, 0.5) is 13.2 Å². The van der Waals surface area contributed by atoms with Gasteiger partial charge in [-0.25, -0.2) is 4.68 Å². The van der Waals surface area contributed by atoms with E-state index < -0.39 is 24.7 Å². The van der Waals surface area contributed by atoms with Gasteiger partial charge in [0.2, 0.25) is 0 Å². The number of carbonyl (C=O) groups excluding carboxylic acids is 1. The first kappa shape index (κ1) is 24.7. The van der Waals surface area contributed by atoms with E-state index in [1.54, 1.807) is 31.7 Å². The number of hydrogen-bond acceptors (Lipinski definition) is 5. The molecule has 1 aliphatic heterocycles. The van der Waals surface area contributed by atoms with Crippen LogP contribution < -0.4 is 4.74 Å². The summed E-state index contributed by atoms with van der Waals surface area (Å²) in [5, 5.41) is 8.39.